The average molecular weight is 430 g/mol. The molecule has 9 heteroatoms. The van der Waals surface area contributed by atoms with Gasteiger partial charge in [-0.25, -0.2) is 8.42 Å². The standard InChI is InChI=1S/C12H11BrCl2N2O2S2/c1-17(6-7-4-8(16)2-3-9(7)14)21(18,19)11-5-10(15)12(13)20-11/h2-5H,6,16H2,1H3. The van der Waals surface area contributed by atoms with E-state index < -0.39 is 10.0 Å². The molecule has 0 aliphatic rings. The van der Waals surface area contributed by atoms with Gasteiger partial charge in [-0.05, 0) is 45.8 Å². The van der Waals surface area contributed by atoms with Gasteiger partial charge >= 0.3 is 0 Å². The predicted molar refractivity (Wildman–Crippen MR) is 91.5 cm³/mol. The first-order chi connectivity index (χ1) is 9.71. The number of anilines is 1. The van der Waals surface area contributed by atoms with Crippen LogP contribution in [-0.4, -0.2) is 19.8 Å². The number of hydrogen-bond donors (Lipinski definition) is 1. The molecular formula is C12H11BrCl2N2O2S2. The molecule has 0 aliphatic heterocycles. The van der Waals surface area contributed by atoms with Gasteiger partial charge in [0.25, 0.3) is 10.0 Å². The monoisotopic (exact) mass is 428 g/mol. The first kappa shape index (κ1) is 17.1. The maximum Gasteiger partial charge on any atom is 0.252 e. The van der Waals surface area contributed by atoms with E-state index in [2.05, 4.69) is 15.9 Å². The summed E-state index contributed by atoms with van der Waals surface area (Å²) < 4.78 is 26.9. The molecule has 2 rings (SSSR count). The Balaban J connectivity index is 2.30. The highest BCUT2D eigenvalue weighted by Gasteiger charge is 2.25. The van der Waals surface area contributed by atoms with Crippen LogP contribution in [0.4, 0.5) is 5.69 Å². The van der Waals surface area contributed by atoms with Crippen molar-refractivity contribution < 1.29 is 8.42 Å². The van der Waals surface area contributed by atoms with Crippen LogP contribution in [0.5, 0.6) is 0 Å². The van der Waals surface area contributed by atoms with E-state index >= 15 is 0 Å². The highest BCUT2D eigenvalue weighted by molar-refractivity contribution is 9.11. The zero-order chi connectivity index (χ0) is 15.8. The Labute approximate surface area is 145 Å². The lowest BCUT2D eigenvalue weighted by atomic mass is 10.2. The van der Waals surface area contributed by atoms with Gasteiger partial charge in [0.1, 0.15) is 4.21 Å². The fourth-order valence-electron chi connectivity index (χ4n) is 1.65. The van der Waals surface area contributed by atoms with Crippen molar-refractivity contribution in [2.75, 3.05) is 12.8 Å². The lowest BCUT2D eigenvalue weighted by Crippen LogP contribution is -2.26. The van der Waals surface area contributed by atoms with E-state index in [1.807, 2.05) is 0 Å². The molecule has 2 N–H and O–H groups in total. The molecule has 0 atom stereocenters. The van der Waals surface area contributed by atoms with Crippen LogP contribution in [0.3, 0.4) is 0 Å². The number of hydrogen-bond acceptors (Lipinski definition) is 4. The van der Waals surface area contributed by atoms with Crippen molar-refractivity contribution >= 4 is 66.2 Å². The second-order valence-corrected chi connectivity index (χ2v) is 9.76. The van der Waals surface area contributed by atoms with E-state index in [0.717, 1.165) is 11.3 Å². The quantitative estimate of drug-likeness (QED) is 0.740. The largest absolute Gasteiger partial charge is 0.399 e. The van der Waals surface area contributed by atoms with Gasteiger partial charge in [-0.15, -0.1) is 11.3 Å². The molecule has 1 aromatic heterocycles. The molecule has 21 heavy (non-hydrogen) atoms. The lowest BCUT2D eigenvalue weighted by molar-refractivity contribution is 0.468. The minimum atomic E-state index is -3.63. The Bertz CT molecular complexity index is 758. The summed E-state index contributed by atoms with van der Waals surface area (Å²) in [6.45, 7) is 0.124. The molecule has 0 saturated carbocycles. The summed E-state index contributed by atoms with van der Waals surface area (Å²) in [6, 6.07) is 6.39. The van der Waals surface area contributed by atoms with Crippen LogP contribution in [0.25, 0.3) is 0 Å². The summed E-state index contributed by atoms with van der Waals surface area (Å²) in [5, 5.41) is 0.839. The minimum Gasteiger partial charge on any atom is -0.399 e. The first-order valence-corrected chi connectivity index (χ1v) is 9.47. The zero-order valence-corrected chi connectivity index (χ0v) is 15.5. The van der Waals surface area contributed by atoms with E-state index in [4.69, 9.17) is 28.9 Å². The SMILES string of the molecule is CN(Cc1cc(N)ccc1Cl)S(=O)(=O)c1cc(Cl)c(Br)s1. The number of sulfonamides is 1. The van der Waals surface area contributed by atoms with Gasteiger partial charge in [0, 0.05) is 24.3 Å². The van der Waals surface area contributed by atoms with Gasteiger partial charge in [0.05, 0.1) is 8.81 Å². The first-order valence-electron chi connectivity index (χ1n) is 5.67. The summed E-state index contributed by atoms with van der Waals surface area (Å²) in [4.78, 5) is 0. The van der Waals surface area contributed by atoms with E-state index in [-0.39, 0.29) is 10.8 Å². The fourth-order valence-corrected chi connectivity index (χ4v) is 5.58. The van der Waals surface area contributed by atoms with E-state index in [9.17, 15) is 8.42 Å². The molecule has 4 nitrogen and oxygen atoms in total. The molecule has 0 amide bonds. The molecule has 0 fully saturated rings. The third-order valence-corrected chi connectivity index (χ3v) is 7.85. The van der Waals surface area contributed by atoms with Crippen LogP contribution >= 0.6 is 50.5 Å². The number of benzene rings is 1. The van der Waals surface area contributed by atoms with E-state index in [1.54, 1.807) is 18.2 Å². The van der Waals surface area contributed by atoms with Crippen molar-refractivity contribution in [1.82, 2.24) is 4.31 Å². The van der Waals surface area contributed by atoms with Crippen molar-refractivity contribution in [2.45, 2.75) is 10.8 Å². The average Bonchev–Trinajstić information content (AvgIpc) is 2.74. The molecule has 2 aromatic rings. The van der Waals surface area contributed by atoms with Crippen molar-refractivity contribution in [1.29, 1.82) is 0 Å². The van der Waals surface area contributed by atoms with Gasteiger partial charge in [0.15, 0.2) is 0 Å². The summed E-state index contributed by atoms with van der Waals surface area (Å²) >= 11 is 16.2. The molecule has 0 aliphatic carbocycles. The molecule has 1 aromatic carbocycles. The number of rotatable bonds is 4. The second kappa shape index (κ2) is 6.44. The van der Waals surface area contributed by atoms with Crippen LogP contribution in [0.15, 0.2) is 32.3 Å². The molecule has 0 spiro atoms. The third-order valence-electron chi connectivity index (χ3n) is 2.75. The molecule has 0 saturated heterocycles. The highest BCUT2D eigenvalue weighted by atomic mass is 79.9. The molecule has 0 bridgehead atoms. The van der Waals surface area contributed by atoms with Gasteiger partial charge in [-0.2, -0.15) is 4.31 Å². The maximum atomic E-state index is 12.5. The summed E-state index contributed by atoms with van der Waals surface area (Å²) in [5.74, 6) is 0. The van der Waals surface area contributed by atoms with Crippen LogP contribution < -0.4 is 5.73 Å². The van der Waals surface area contributed by atoms with Gasteiger partial charge in [-0.3, -0.25) is 0 Å². The Kier molecular flexibility index (Phi) is 5.23. The maximum absolute atomic E-state index is 12.5. The van der Waals surface area contributed by atoms with Crippen molar-refractivity contribution in [3.63, 3.8) is 0 Å². The van der Waals surface area contributed by atoms with Gasteiger partial charge in [0.2, 0.25) is 0 Å². The summed E-state index contributed by atoms with van der Waals surface area (Å²) in [7, 11) is -2.15. The Morgan fingerprint density at radius 2 is 1.95 bits per heavy atom. The number of nitrogens with two attached hydrogens (primary N) is 1. The fraction of sp³-hybridized carbons (Fsp3) is 0.167. The van der Waals surface area contributed by atoms with Crippen molar-refractivity contribution in [3.05, 3.63) is 43.7 Å². The van der Waals surface area contributed by atoms with Crippen molar-refractivity contribution in [3.8, 4) is 0 Å². The van der Waals surface area contributed by atoms with Crippen LogP contribution in [0.2, 0.25) is 10.0 Å². The molecule has 114 valence electrons. The Morgan fingerprint density at radius 3 is 2.52 bits per heavy atom. The predicted octanol–water partition coefficient (Wildman–Crippen LogP) is 4.22. The molecule has 1 heterocycles. The summed E-state index contributed by atoms with van der Waals surface area (Å²) in [6.07, 6.45) is 0. The normalized spacial score (nSPS) is 12.0. The number of nitrogen functional groups attached to an aromatic ring is 1. The number of nitrogens with zero attached hydrogens (tertiary/aromatic N) is 1. The Morgan fingerprint density at radius 1 is 1.29 bits per heavy atom. The van der Waals surface area contributed by atoms with E-state index in [1.165, 1.54) is 17.4 Å². The third kappa shape index (κ3) is 3.72. The molecule has 0 radical (unpaired) electrons. The molecular weight excluding hydrogens is 419 g/mol. The zero-order valence-electron chi connectivity index (χ0n) is 10.8. The number of thiophene rings is 1. The van der Waals surface area contributed by atoms with Crippen molar-refractivity contribution in [2.24, 2.45) is 0 Å². The highest BCUT2D eigenvalue weighted by Crippen LogP contribution is 2.36. The van der Waals surface area contributed by atoms with Gasteiger partial charge in [-0.1, -0.05) is 23.2 Å². The number of halogens is 3. The minimum absolute atomic E-state index is 0.124. The Hall–Kier alpha value is -0.310. The molecule has 0 unspecified atom stereocenters. The van der Waals surface area contributed by atoms with Crippen LogP contribution in [-0.2, 0) is 16.6 Å². The van der Waals surface area contributed by atoms with Crippen LogP contribution in [0, 0.1) is 0 Å². The topological polar surface area (TPSA) is 63.4 Å². The second-order valence-electron chi connectivity index (χ2n) is 4.30. The lowest BCUT2D eigenvalue weighted by Gasteiger charge is -2.17. The summed E-state index contributed by atoms with van der Waals surface area (Å²) in [5.41, 5.74) is 6.87. The van der Waals surface area contributed by atoms with E-state index in [0.29, 0.717) is 25.1 Å². The smallest absolute Gasteiger partial charge is 0.252 e. The van der Waals surface area contributed by atoms with Gasteiger partial charge < -0.3 is 5.73 Å². The van der Waals surface area contributed by atoms with Crippen LogP contribution in [0.1, 0.15) is 5.56 Å².